The van der Waals surface area contributed by atoms with Gasteiger partial charge in [-0.25, -0.2) is 4.68 Å². The molecule has 0 aliphatic rings. The third-order valence-corrected chi connectivity index (χ3v) is 2.44. The van der Waals surface area contributed by atoms with Gasteiger partial charge in [0.25, 0.3) is 5.56 Å². The number of carbonyl (C=O) groups is 1. The molecular formula is C12H21N5O2. The number of anilines is 1. The second-order valence-corrected chi connectivity index (χ2v) is 4.12. The van der Waals surface area contributed by atoms with Gasteiger partial charge in [0.2, 0.25) is 5.91 Å². The van der Waals surface area contributed by atoms with Gasteiger partial charge in [-0.2, -0.15) is 5.10 Å². The van der Waals surface area contributed by atoms with Crippen LogP contribution in [0.15, 0.2) is 17.1 Å². The van der Waals surface area contributed by atoms with Crippen molar-refractivity contribution in [2.24, 2.45) is 0 Å². The minimum absolute atomic E-state index is 0.0460. The molecule has 0 unspecified atom stereocenters. The molecule has 19 heavy (non-hydrogen) atoms. The average Bonchev–Trinajstić information content (AvgIpc) is 2.40. The second-order valence-electron chi connectivity index (χ2n) is 4.12. The maximum atomic E-state index is 11.7. The summed E-state index contributed by atoms with van der Waals surface area (Å²) in [5, 5.41) is 12.7. The first-order valence-electron chi connectivity index (χ1n) is 6.39. The predicted molar refractivity (Wildman–Crippen MR) is 74.2 cm³/mol. The molecule has 0 saturated heterocycles. The molecule has 1 aromatic heterocycles. The van der Waals surface area contributed by atoms with Gasteiger partial charge in [0, 0.05) is 25.7 Å². The molecule has 0 spiro atoms. The summed E-state index contributed by atoms with van der Waals surface area (Å²) in [5.41, 5.74) is 0.367. The number of carbonyl (C=O) groups excluding carboxylic acids is 1. The molecule has 1 amide bonds. The van der Waals surface area contributed by atoms with Gasteiger partial charge in [-0.1, -0.05) is 6.92 Å². The Balaban J connectivity index is 2.57. The Morgan fingerprint density at radius 1 is 1.37 bits per heavy atom. The fourth-order valence-electron chi connectivity index (χ4n) is 1.44. The van der Waals surface area contributed by atoms with Gasteiger partial charge in [0.15, 0.2) is 0 Å². The molecule has 106 valence electrons. The maximum absolute atomic E-state index is 11.7. The van der Waals surface area contributed by atoms with Gasteiger partial charge in [0.1, 0.15) is 6.54 Å². The highest BCUT2D eigenvalue weighted by molar-refractivity contribution is 5.75. The van der Waals surface area contributed by atoms with Crippen LogP contribution in [-0.2, 0) is 11.3 Å². The first-order valence-corrected chi connectivity index (χ1v) is 6.39. The molecule has 0 saturated carbocycles. The fourth-order valence-corrected chi connectivity index (χ4v) is 1.44. The summed E-state index contributed by atoms with van der Waals surface area (Å²) < 4.78 is 1.15. The molecule has 0 aromatic carbocycles. The number of aromatic nitrogens is 2. The number of likely N-dealkylation sites (N-methyl/N-ethyl adjacent to an activating group) is 1. The number of amides is 1. The van der Waals surface area contributed by atoms with Crippen LogP contribution in [0.2, 0.25) is 0 Å². The van der Waals surface area contributed by atoms with E-state index >= 15 is 0 Å². The minimum Gasteiger partial charge on any atom is -0.382 e. The van der Waals surface area contributed by atoms with Crippen LogP contribution >= 0.6 is 0 Å². The van der Waals surface area contributed by atoms with Crippen molar-refractivity contribution in [1.29, 1.82) is 0 Å². The summed E-state index contributed by atoms with van der Waals surface area (Å²) in [4.78, 5) is 23.2. The molecular weight excluding hydrogens is 246 g/mol. The summed E-state index contributed by atoms with van der Waals surface area (Å²) in [6.07, 6.45) is 2.41. The third-order valence-electron chi connectivity index (χ3n) is 2.44. The molecule has 0 radical (unpaired) electrons. The molecule has 1 aromatic rings. The van der Waals surface area contributed by atoms with Gasteiger partial charge in [-0.3, -0.25) is 9.59 Å². The third kappa shape index (κ3) is 5.52. The van der Waals surface area contributed by atoms with Crippen molar-refractivity contribution in [3.63, 3.8) is 0 Å². The van der Waals surface area contributed by atoms with Gasteiger partial charge >= 0.3 is 0 Å². The number of rotatable bonds is 8. The molecule has 7 heteroatoms. The Morgan fingerprint density at radius 3 is 2.79 bits per heavy atom. The van der Waals surface area contributed by atoms with E-state index in [1.165, 1.54) is 6.07 Å². The van der Waals surface area contributed by atoms with Crippen LogP contribution in [0, 0.1) is 0 Å². The molecule has 1 rings (SSSR count). The van der Waals surface area contributed by atoms with Crippen LogP contribution < -0.4 is 21.5 Å². The smallest absolute Gasteiger partial charge is 0.269 e. The Kier molecular flexibility index (Phi) is 6.59. The molecule has 0 aliphatic heterocycles. The lowest BCUT2D eigenvalue weighted by atomic mass is 10.4. The molecule has 0 bridgehead atoms. The van der Waals surface area contributed by atoms with E-state index in [0.717, 1.165) is 17.6 Å². The van der Waals surface area contributed by atoms with Crippen molar-refractivity contribution >= 4 is 11.6 Å². The van der Waals surface area contributed by atoms with Gasteiger partial charge in [0.05, 0.1) is 11.9 Å². The standard InChI is InChI=1S/C12H21N5O2/c1-3-4-15-11(18)9-17-12(19)7-10(8-16-17)14-6-5-13-2/h7-8,13-14H,3-6,9H2,1-2H3,(H,15,18). The van der Waals surface area contributed by atoms with Crippen molar-refractivity contribution in [1.82, 2.24) is 20.4 Å². The zero-order chi connectivity index (χ0) is 14.1. The van der Waals surface area contributed by atoms with Gasteiger partial charge in [-0.05, 0) is 13.5 Å². The first-order chi connectivity index (χ1) is 9.17. The Hall–Kier alpha value is -1.89. The van der Waals surface area contributed by atoms with Crippen LogP contribution in [0.25, 0.3) is 0 Å². The lowest BCUT2D eigenvalue weighted by Crippen LogP contribution is -2.33. The summed E-state index contributed by atoms with van der Waals surface area (Å²) >= 11 is 0. The van der Waals surface area contributed by atoms with E-state index in [-0.39, 0.29) is 18.0 Å². The summed E-state index contributed by atoms with van der Waals surface area (Å²) in [5.74, 6) is -0.202. The summed E-state index contributed by atoms with van der Waals surface area (Å²) in [7, 11) is 1.85. The lowest BCUT2D eigenvalue weighted by Gasteiger charge is -2.08. The Morgan fingerprint density at radius 2 is 2.16 bits per heavy atom. The van der Waals surface area contributed by atoms with Gasteiger partial charge in [-0.15, -0.1) is 0 Å². The molecule has 1 heterocycles. The number of hydrogen-bond donors (Lipinski definition) is 3. The Labute approximate surface area is 112 Å². The highest BCUT2D eigenvalue weighted by Crippen LogP contribution is 1.98. The Bertz CT molecular complexity index is 458. The lowest BCUT2D eigenvalue weighted by molar-refractivity contribution is -0.121. The van der Waals surface area contributed by atoms with E-state index < -0.39 is 0 Å². The quantitative estimate of drug-likeness (QED) is 0.547. The van der Waals surface area contributed by atoms with E-state index in [4.69, 9.17) is 0 Å². The van der Waals surface area contributed by atoms with Gasteiger partial charge < -0.3 is 16.0 Å². The van der Waals surface area contributed by atoms with Crippen LogP contribution in [0.5, 0.6) is 0 Å². The normalized spacial score (nSPS) is 10.2. The van der Waals surface area contributed by atoms with Crippen molar-refractivity contribution in [2.45, 2.75) is 19.9 Å². The SMILES string of the molecule is CCCNC(=O)Cn1ncc(NCCNC)cc1=O. The van der Waals surface area contributed by atoms with Crippen LogP contribution in [-0.4, -0.2) is 42.4 Å². The number of hydrogen-bond acceptors (Lipinski definition) is 5. The van der Waals surface area contributed by atoms with Crippen LogP contribution in [0.1, 0.15) is 13.3 Å². The van der Waals surface area contributed by atoms with Crippen molar-refractivity contribution in [3.8, 4) is 0 Å². The highest BCUT2D eigenvalue weighted by atomic mass is 16.2. The monoisotopic (exact) mass is 267 g/mol. The zero-order valence-electron chi connectivity index (χ0n) is 11.4. The summed E-state index contributed by atoms with van der Waals surface area (Å²) in [6.45, 7) is 4.03. The topological polar surface area (TPSA) is 88.1 Å². The average molecular weight is 267 g/mol. The zero-order valence-corrected chi connectivity index (χ0v) is 11.4. The molecule has 0 atom stereocenters. The van der Waals surface area contributed by atoms with E-state index in [0.29, 0.717) is 18.8 Å². The highest BCUT2D eigenvalue weighted by Gasteiger charge is 2.05. The van der Waals surface area contributed by atoms with E-state index in [1.807, 2.05) is 14.0 Å². The predicted octanol–water partition coefficient (Wildman–Crippen LogP) is -0.599. The molecule has 0 fully saturated rings. The minimum atomic E-state index is -0.291. The first kappa shape index (κ1) is 15.2. The molecule has 3 N–H and O–H groups in total. The van der Waals surface area contributed by atoms with E-state index in [9.17, 15) is 9.59 Å². The second kappa shape index (κ2) is 8.25. The largest absolute Gasteiger partial charge is 0.382 e. The van der Waals surface area contributed by atoms with Crippen LogP contribution in [0.3, 0.4) is 0 Å². The molecule has 0 aliphatic carbocycles. The number of nitrogens with zero attached hydrogens (tertiary/aromatic N) is 2. The fraction of sp³-hybridized carbons (Fsp3) is 0.583. The number of nitrogens with one attached hydrogen (secondary N) is 3. The van der Waals surface area contributed by atoms with Crippen LogP contribution in [0.4, 0.5) is 5.69 Å². The molecule has 7 nitrogen and oxygen atoms in total. The van der Waals surface area contributed by atoms with E-state index in [1.54, 1.807) is 6.20 Å². The van der Waals surface area contributed by atoms with Crippen molar-refractivity contribution in [2.75, 3.05) is 32.0 Å². The summed E-state index contributed by atoms with van der Waals surface area (Å²) in [6, 6.07) is 1.44. The van der Waals surface area contributed by atoms with Crippen molar-refractivity contribution in [3.05, 3.63) is 22.6 Å². The maximum Gasteiger partial charge on any atom is 0.269 e. The van der Waals surface area contributed by atoms with Crippen molar-refractivity contribution < 1.29 is 4.79 Å². The van der Waals surface area contributed by atoms with E-state index in [2.05, 4.69) is 21.0 Å².